The third-order valence-corrected chi connectivity index (χ3v) is 3.13. The third kappa shape index (κ3) is 2.80. The summed E-state index contributed by atoms with van der Waals surface area (Å²) in [7, 11) is 1.74. The number of aliphatic hydroxyl groups is 1. The fourth-order valence-electron chi connectivity index (χ4n) is 1.61. The molecule has 2 aromatic heterocycles. The van der Waals surface area contributed by atoms with E-state index in [0.717, 1.165) is 0 Å². The molecule has 0 aliphatic rings. The summed E-state index contributed by atoms with van der Waals surface area (Å²) in [5.41, 5.74) is 1.01. The summed E-state index contributed by atoms with van der Waals surface area (Å²) in [6, 6.07) is 1.19. The topological polar surface area (TPSA) is 77.5 Å². The minimum absolute atomic E-state index is 0.0621. The zero-order valence-electron chi connectivity index (χ0n) is 10.5. The van der Waals surface area contributed by atoms with Crippen molar-refractivity contribution in [2.45, 2.75) is 20.1 Å². The van der Waals surface area contributed by atoms with Gasteiger partial charge >= 0.3 is 0 Å². The molecule has 2 aromatic rings. The van der Waals surface area contributed by atoms with E-state index in [0.29, 0.717) is 16.4 Å². The van der Waals surface area contributed by atoms with Crippen LogP contribution < -0.4 is 10.2 Å². The van der Waals surface area contributed by atoms with Crippen molar-refractivity contribution in [3.8, 4) is 5.75 Å². The van der Waals surface area contributed by atoms with Crippen molar-refractivity contribution in [1.29, 1.82) is 0 Å². The second-order valence-corrected chi connectivity index (χ2v) is 4.37. The van der Waals surface area contributed by atoms with Gasteiger partial charge in [-0.15, -0.1) is 0 Å². The van der Waals surface area contributed by atoms with E-state index in [4.69, 9.17) is 25.9 Å². The lowest BCUT2D eigenvalue weighted by Gasteiger charge is -2.06. The largest absolute Gasteiger partial charge is 0.480 e. The molecule has 7 heteroatoms. The lowest BCUT2D eigenvalue weighted by Crippen LogP contribution is -2.10. The molecule has 0 aliphatic heterocycles. The summed E-state index contributed by atoms with van der Waals surface area (Å²) in [4.78, 5) is 11.6. The monoisotopic (exact) mass is 284 g/mol. The highest BCUT2D eigenvalue weighted by Gasteiger charge is 2.12. The normalized spacial score (nSPS) is 10.7. The maximum atomic E-state index is 11.6. The molecule has 0 spiro atoms. The van der Waals surface area contributed by atoms with E-state index < -0.39 is 0 Å². The number of nitrogens with zero attached hydrogens (tertiary/aromatic N) is 2. The standard InChI is InChI=1S/C12H13ClN2O4/c1-7-12(13)9(15(2)14-7)5-19-11-6-18-8(4-16)3-10(11)17/h3,6,16H,4-5H2,1-2H3. The maximum Gasteiger partial charge on any atom is 0.227 e. The average Bonchev–Trinajstić information content (AvgIpc) is 2.62. The number of ether oxygens (including phenoxy) is 1. The number of hydrogen-bond donors (Lipinski definition) is 1. The lowest BCUT2D eigenvalue weighted by molar-refractivity contribution is 0.235. The first-order chi connectivity index (χ1) is 9.02. The summed E-state index contributed by atoms with van der Waals surface area (Å²) in [6.07, 6.45) is 1.17. The summed E-state index contributed by atoms with van der Waals surface area (Å²) >= 11 is 6.07. The van der Waals surface area contributed by atoms with Crippen LogP contribution in [0.15, 0.2) is 21.5 Å². The Labute approximate surface area is 114 Å². The minimum atomic E-state index is -0.356. The predicted octanol–water partition coefficient (Wildman–Crippen LogP) is 1.41. The van der Waals surface area contributed by atoms with Crippen LogP contribution in [0.5, 0.6) is 5.75 Å². The number of aromatic nitrogens is 2. The van der Waals surface area contributed by atoms with E-state index in [1.54, 1.807) is 18.7 Å². The minimum Gasteiger partial charge on any atom is -0.480 e. The van der Waals surface area contributed by atoms with Gasteiger partial charge in [0.15, 0.2) is 0 Å². The summed E-state index contributed by atoms with van der Waals surface area (Å²) < 4.78 is 12.0. The first-order valence-corrected chi connectivity index (χ1v) is 5.94. The third-order valence-electron chi connectivity index (χ3n) is 2.63. The molecular weight excluding hydrogens is 272 g/mol. The zero-order chi connectivity index (χ0) is 14.0. The number of aliphatic hydroxyl groups excluding tert-OH is 1. The van der Waals surface area contributed by atoms with E-state index in [9.17, 15) is 4.79 Å². The molecule has 19 heavy (non-hydrogen) atoms. The van der Waals surface area contributed by atoms with Crippen molar-refractivity contribution in [3.05, 3.63) is 44.7 Å². The van der Waals surface area contributed by atoms with Gasteiger partial charge in [-0.3, -0.25) is 9.48 Å². The molecule has 0 aromatic carbocycles. The summed E-state index contributed by atoms with van der Waals surface area (Å²) in [6.45, 7) is 1.57. The molecule has 102 valence electrons. The highest BCUT2D eigenvalue weighted by atomic mass is 35.5. The van der Waals surface area contributed by atoms with Crippen LogP contribution in [0, 0.1) is 6.92 Å². The highest BCUT2D eigenvalue weighted by molar-refractivity contribution is 6.31. The number of halogens is 1. The first kappa shape index (κ1) is 13.6. The van der Waals surface area contributed by atoms with Gasteiger partial charge < -0.3 is 14.3 Å². The molecule has 0 aliphatic carbocycles. The summed E-state index contributed by atoms with van der Waals surface area (Å²) in [5.74, 6) is 0.249. The predicted molar refractivity (Wildman–Crippen MR) is 68.2 cm³/mol. The second kappa shape index (κ2) is 5.46. The molecule has 0 amide bonds. The van der Waals surface area contributed by atoms with Gasteiger partial charge in [0.2, 0.25) is 11.2 Å². The molecule has 0 radical (unpaired) electrons. The van der Waals surface area contributed by atoms with Crippen LogP contribution in [0.25, 0.3) is 0 Å². The van der Waals surface area contributed by atoms with Crippen LogP contribution in [0.1, 0.15) is 17.1 Å². The molecule has 0 unspecified atom stereocenters. The maximum absolute atomic E-state index is 11.6. The van der Waals surface area contributed by atoms with Crippen LogP contribution in [-0.2, 0) is 20.3 Å². The van der Waals surface area contributed by atoms with Crippen LogP contribution in [0.2, 0.25) is 5.02 Å². The van der Waals surface area contributed by atoms with Crippen LogP contribution in [-0.4, -0.2) is 14.9 Å². The van der Waals surface area contributed by atoms with Gasteiger partial charge in [0.05, 0.1) is 16.4 Å². The molecule has 6 nitrogen and oxygen atoms in total. The van der Waals surface area contributed by atoms with Gasteiger partial charge in [-0.1, -0.05) is 11.6 Å². The van der Waals surface area contributed by atoms with E-state index in [-0.39, 0.29) is 30.2 Å². The van der Waals surface area contributed by atoms with Crippen molar-refractivity contribution < 1.29 is 14.3 Å². The van der Waals surface area contributed by atoms with Gasteiger partial charge in [-0.05, 0) is 6.92 Å². The first-order valence-electron chi connectivity index (χ1n) is 5.56. The Morgan fingerprint density at radius 2 is 2.32 bits per heavy atom. The Balaban J connectivity index is 2.17. The molecule has 1 N–H and O–H groups in total. The number of rotatable bonds is 4. The average molecular weight is 285 g/mol. The SMILES string of the molecule is Cc1nn(C)c(COc2coc(CO)cc2=O)c1Cl. The molecule has 0 saturated heterocycles. The van der Waals surface area contributed by atoms with E-state index >= 15 is 0 Å². The van der Waals surface area contributed by atoms with Crippen molar-refractivity contribution in [2.75, 3.05) is 0 Å². The quantitative estimate of drug-likeness (QED) is 0.918. The molecule has 0 atom stereocenters. The van der Waals surface area contributed by atoms with Crippen molar-refractivity contribution in [1.82, 2.24) is 9.78 Å². The fraction of sp³-hybridized carbons (Fsp3) is 0.333. The van der Waals surface area contributed by atoms with Gasteiger partial charge in [-0.25, -0.2) is 0 Å². The Kier molecular flexibility index (Phi) is 3.92. The van der Waals surface area contributed by atoms with Crippen molar-refractivity contribution in [2.24, 2.45) is 7.05 Å². The van der Waals surface area contributed by atoms with Crippen LogP contribution in [0.4, 0.5) is 0 Å². The fourth-order valence-corrected chi connectivity index (χ4v) is 1.82. The molecule has 0 fully saturated rings. The van der Waals surface area contributed by atoms with Crippen LogP contribution in [0.3, 0.4) is 0 Å². The Morgan fingerprint density at radius 3 is 2.84 bits per heavy atom. The van der Waals surface area contributed by atoms with E-state index in [2.05, 4.69) is 5.10 Å². The molecular formula is C12H13ClN2O4. The molecule has 0 bridgehead atoms. The van der Waals surface area contributed by atoms with Crippen LogP contribution >= 0.6 is 11.6 Å². The van der Waals surface area contributed by atoms with E-state index in [1.165, 1.54) is 12.3 Å². The summed E-state index contributed by atoms with van der Waals surface area (Å²) in [5, 5.41) is 13.5. The highest BCUT2D eigenvalue weighted by Crippen LogP contribution is 2.20. The lowest BCUT2D eigenvalue weighted by atomic mass is 10.3. The van der Waals surface area contributed by atoms with Crippen molar-refractivity contribution >= 4 is 11.6 Å². The Morgan fingerprint density at radius 1 is 1.58 bits per heavy atom. The second-order valence-electron chi connectivity index (χ2n) is 3.99. The Hall–Kier alpha value is -1.79. The van der Waals surface area contributed by atoms with Gasteiger partial charge in [-0.2, -0.15) is 5.10 Å². The van der Waals surface area contributed by atoms with Gasteiger partial charge in [0, 0.05) is 13.1 Å². The van der Waals surface area contributed by atoms with Crippen molar-refractivity contribution in [3.63, 3.8) is 0 Å². The number of hydrogen-bond acceptors (Lipinski definition) is 5. The number of aryl methyl sites for hydroxylation is 2. The molecule has 0 saturated carbocycles. The molecule has 2 heterocycles. The van der Waals surface area contributed by atoms with Gasteiger partial charge in [0.1, 0.15) is 25.2 Å². The van der Waals surface area contributed by atoms with Gasteiger partial charge in [0.25, 0.3) is 0 Å². The zero-order valence-corrected chi connectivity index (χ0v) is 11.3. The smallest absolute Gasteiger partial charge is 0.227 e. The Bertz CT molecular complexity index is 648. The molecule has 2 rings (SSSR count). The van der Waals surface area contributed by atoms with E-state index in [1.807, 2.05) is 0 Å².